The highest BCUT2D eigenvalue weighted by atomic mass is 32.2. The number of rotatable bonds is 6. The lowest BCUT2D eigenvalue weighted by Crippen LogP contribution is -2.30. The van der Waals surface area contributed by atoms with Gasteiger partial charge in [0.25, 0.3) is 5.91 Å². The van der Waals surface area contributed by atoms with Crippen LogP contribution in [0.4, 0.5) is 16.2 Å². The minimum absolute atomic E-state index is 0.0650. The molecule has 0 saturated heterocycles. The van der Waals surface area contributed by atoms with Crippen molar-refractivity contribution in [1.29, 1.82) is 0 Å². The van der Waals surface area contributed by atoms with Crippen LogP contribution in [-0.4, -0.2) is 32.6 Å². The molecule has 0 spiro atoms. The third-order valence-corrected chi connectivity index (χ3v) is 6.46. The van der Waals surface area contributed by atoms with E-state index < -0.39 is 0 Å². The fraction of sp³-hybridized carbons (Fsp3) is 0.200. The molecule has 6 nitrogen and oxygen atoms in total. The molecule has 7 heteroatoms. The second-order valence-corrected chi connectivity index (χ2v) is 8.52. The first kappa shape index (κ1) is 21.8. The number of methoxy groups -OCH3 is 1. The van der Waals surface area contributed by atoms with Gasteiger partial charge in [0.15, 0.2) is 0 Å². The van der Waals surface area contributed by atoms with Gasteiger partial charge in [-0.3, -0.25) is 4.79 Å². The van der Waals surface area contributed by atoms with Crippen molar-refractivity contribution < 1.29 is 14.3 Å². The van der Waals surface area contributed by atoms with E-state index in [9.17, 15) is 9.59 Å². The molecule has 0 unspecified atom stereocenters. The van der Waals surface area contributed by atoms with Gasteiger partial charge in [-0.05, 0) is 54.8 Å². The lowest BCUT2D eigenvalue weighted by molar-refractivity contribution is 0.0990. The number of para-hydroxylation sites is 1. The van der Waals surface area contributed by atoms with Gasteiger partial charge in [-0.1, -0.05) is 42.1 Å². The number of fused-ring (bicyclic) bond motifs is 2. The van der Waals surface area contributed by atoms with Crippen LogP contribution in [0.1, 0.15) is 22.3 Å². The van der Waals surface area contributed by atoms with Gasteiger partial charge in [0.1, 0.15) is 5.75 Å². The van der Waals surface area contributed by atoms with Crippen molar-refractivity contribution in [3.8, 4) is 5.75 Å². The monoisotopic (exact) mass is 447 g/mol. The summed E-state index contributed by atoms with van der Waals surface area (Å²) in [5, 5.41) is 5.76. The van der Waals surface area contributed by atoms with Gasteiger partial charge in [-0.2, -0.15) is 0 Å². The zero-order valence-corrected chi connectivity index (χ0v) is 18.9. The Hall–Kier alpha value is -3.45. The number of carbonyl (C=O) groups is 2. The van der Waals surface area contributed by atoms with Gasteiger partial charge < -0.3 is 20.3 Å². The van der Waals surface area contributed by atoms with Crippen LogP contribution in [0.25, 0.3) is 0 Å². The molecule has 3 amide bonds. The van der Waals surface area contributed by atoms with Crippen molar-refractivity contribution in [2.24, 2.45) is 0 Å². The topological polar surface area (TPSA) is 70.7 Å². The van der Waals surface area contributed by atoms with Crippen molar-refractivity contribution in [1.82, 2.24) is 5.32 Å². The molecular formula is C25H25N3O3S. The molecule has 0 aromatic heterocycles. The maximum Gasteiger partial charge on any atom is 0.319 e. The summed E-state index contributed by atoms with van der Waals surface area (Å²) in [6, 6.07) is 20.8. The average Bonchev–Trinajstić information content (AvgIpc) is 2.92. The highest BCUT2D eigenvalue weighted by molar-refractivity contribution is 7.99. The number of anilines is 2. The summed E-state index contributed by atoms with van der Waals surface area (Å²) in [5.41, 5.74) is 3.20. The second kappa shape index (κ2) is 9.78. The van der Waals surface area contributed by atoms with Crippen LogP contribution in [0.15, 0.2) is 76.5 Å². The maximum absolute atomic E-state index is 12.9. The SMILES string of the molecule is COc1ccccc1CCCNC(=O)Nc1ccc2c(c1)N(C)C(=O)c1ccccc1S2. The second-order valence-electron chi connectivity index (χ2n) is 7.44. The molecule has 0 aliphatic carbocycles. The molecule has 2 N–H and O–H groups in total. The van der Waals surface area contributed by atoms with Crippen molar-refractivity contribution >= 4 is 35.1 Å². The summed E-state index contributed by atoms with van der Waals surface area (Å²) >= 11 is 1.56. The molecule has 0 fully saturated rings. The number of nitrogens with one attached hydrogen (secondary N) is 2. The van der Waals surface area contributed by atoms with Gasteiger partial charge >= 0.3 is 6.03 Å². The highest BCUT2D eigenvalue weighted by Crippen LogP contribution is 2.41. The van der Waals surface area contributed by atoms with E-state index in [-0.39, 0.29) is 11.9 Å². The summed E-state index contributed by atoms with van der Waals surface area (Å²) < 4.78 is 5.36. The molecule has 1 aliphatic rings. The zero-order chi connectivity index (χ0) is 22.5. The minimum atomic E-state index is -0.275. The van der Waals surface area contributed by atoms with Crippen molar-refractivity contribution in [2.75, 3.05) is 30.9 Å². The molecule has 3 aromatic carbocycles. The van der Waals surface area contributed by atoms with Gasteiger partial charge in [-0.25, -0.2) is 4.79 Å². The number of benzene rings is 3. The predicted octanol–water partition coefficient (Wildman–Crippen LogP) is 5.19. The smallest absolute Gasteiger partial charge is 0.319 e. The Morgan fingerprint density at radius 2 is 1.81 bits per heavy atom. The summed E-state index contributed by atoms with van der Waals surface area (Å²) in [6.07, 6.45) is 1.61. The lowest BCUT2D eigenvalue weighted by atomic mass is 10.1. The fourth-order valence-electron chi connectivity index (χ4n) is 3.65. The van der Waals surface area contributed by atoms with E-state index in [0.717, 1.165) is 39.6 Å². The Morgan fingerprint density at radius 3 is 2.66 bits per heavy atom. The molecule has 1 aliphatic heterocycles. The summed E-state index contributed by atoms with van der Waals surface area (Å²) in [7, 11) is 3.42. The van der Waals surface area contributed by atoms with Crippen molar-refractivity contribution in [3.05, 3.63) is 77.9 Å². The van der Waals surface area contributed by atoms with Crippen LogP contribution < -0.4 is 20.3 Å². The highest BCUT2D eigenvalue weighted by Gasteiger charge is 2.24. The third kappa shape index (κ3) is 4.73. The minimum Gasteiger partial charge on any atom is -0.496 e. The van der Waals surface area contributed by atoms with Gasteiger partial charge in [-0.15, -0.1) is 0 Å². The summed E-state index contributed by atoms with van der Waals surface area (Å²) in [5.74, 6) is 0.797. The number of hydrogen-bond donors (Lipinski definition) is 2. The van der Waals surface area contributed by atoms with E-state index in [4.69, 9.17) is 4.74 Å². The lowest BCUT2D eigenvalue weighted by Gasteiger charge is -2.18. The molecular weight excluding hydrogens is 422 g/mol. The Morgan fingerprint density at radius 1 is 1.03 bits per heavy atom. The van der Waals surface area contributed by atoms with Crippen LogP contribution in [0.3, 0.4) is 0 Å². The Labute approximate surface area is 192 Å². The largest absolute Gasteiger partial charge is 0.496 e. The number of aryl methyl sites for hydroxylation is 1. The molecule has 4 rings (SSSR count). The van der Waals surface area contributed by atoms with Crippen LogP contribution in [-0.2, 0) is 6.42 Å². The number of urea groups is 1. The summed E-state index contributed by atoms with van der Waals surface area (Å²) in [4.78, 5) is 28.8. The molecule has 1 heterocycles. The van der Waals surface area contributed by atoms with Crippen LogP contribution >= 0.6 is 11.8 Å². The van der Waals surface area contributed by atoms with E-state index in [1.807, 2.05) is 66.7 Å². The Kier molecular flexibility index (Phi) is 6.66. The van der Waals surface area contributed by atoms with Crippen molar-refractivity contribution in [2.45, 2.75) is 22.6 Å². The molecule has 164 valence electrons. The number of hydrogen-bond acceptors (Lipinski definition) is 4. The summed E-state index contributed by atoms with van der Waals surface area (Å²) in [6.45, 7) is 0.540. The molecule has 0 atom stereocenters. The quantitative estimate of drug-likeness (QED) is 0.510. The van der Waals surface area contributed by atoms with Crippen LogP contribution in [0.2, 0.25) is 0 Å². The molecule has 0 saturated carbocycles. The first-order chi connectivity index (χ1) is 15.6. The van der Waals surface area contributed by atoms with E-state index in [1.165, 1.54) is 0 Å². The number of ether oxygens (including phenoxy) is 1. The Balaban J connectivity index is 1.36. The number of nitrogens with zero attached hydrogens (tertiary/aromatic N) is 1. The molecule has 32 heavy (non-hydrogen) atoms. The number of amides is 3. The fourth-order valence-corrected chi connectivity index (χ4v) is 4.74. The van der Waals surface area contributed by atoms with E-state index in [1.54, 1.807) is 30.8 Å². The average molecular weight is 448 g/mol. The molecule has 0 bridgehead atoms. The predicted molar refractivity (Wildman–Crippen MR) is 128 cm³/mol. The van der Waals surface area contributed by atoms with E-state index >= 15 is 0 Å². The standard InChI is InChI=1S/C25H25N3O3S/c1-28-20-16-18(13-14-23(20)32-22-12-6-4-10-19(22)24(28)29)27-25(30)26-15-7-9-17-8-3-5-11-21(17)31-2/h3-6,8,10-14,16H,7,9,15H2,1-2H3,(H2,26,27,30). The number of carbonyl (C=O) groups excluding carboxylic acids is 2. The normalized spacial score (nSPS) is 12.4. The third-order valence-electron chi connectivity index (χ3n) is 5.32. The van der Waals surface area contributed by atoms with E-state index in [0.29, 0.717) is 17.8 Å². The maximum atomic E-state index is 12.9. The first-order valence-corrected chi connectivity index (χ1v) is 11.2. The van der Waals surface area contributed by atoms with Gasteiger partial charge in [0.2, 0.25) is 0 Å². The zero-order valence-electron chi connectivity index (χ0n) is 18.1. The van der Waals surface area contributed by atoms with Crippen LogP contribution in [0.5, 0.6) is 5.75 Å². The van der Waals surface area contributed by atoms with Crippen LogP contribution in [0, 0.1) is 0 Å². The molecule has 3 aromatic rings. The van der Waals surface area contributed by atoms with E-state index in [2.05, 4.69) is 10.6 Å². The van der Waals surface area contributed by atoms with Gasteiger partial charge in [0.05, 0.1) is 18.4 Å². The molecule has 0 radical (unpaired) electrons. The van der Waals surface area contributed by atoms with Crippen molar-refractivity contribution in [3.63, 3.8) is 0 Å². The Bertz CT molecular complexity index is 1150. The van der Waals surface area contributed by atoms with Gasteiger partial charge in [0, 0.05) is 29.1 Å². The first-order valence-electron chi connectivity index (χ1n) is 10.4.